The van der Waals surface area contributed by atoms with Gasteiger partial charge in [-0.05, 0) is 62.2 Å². The number of aromatic nitrogens is 3. The molecule has 3 aromatic carbocycles. The van der Waals surface area contributed by atoms with E-state index in [0.717, 1.165) is 6.07 Å². The standard InChI is InChI=1S/C35H36FN5O6.ClH/c1-20(2)32(37)35(44)46-21(3)19-40-22(4)31(34(43)41(40)24-9-7-6-8-10-24)33(42)39-23-11-14-30(27(36)17-23)47-29-15-16-38-28-18-25(45-5)12-13-26(28)29;/h6-18,20-21,32H,19,37H2,1-5H3,(H,39,42);1H/t21-,32?;/m0./s1. The van der Waals surface area contributed by atoms with Gasteiger partial charge in [-0.3, -0.25) is 24.0 Å². The second kappa shape index (κ2) is 15.1. The summed E-state index contributed by atoms with van der Waals surface area (Å²) in [4.78, 5) is 44.1. The smallest absolute Gasteiger partial charge is 0.323 e. The van der Waals surface area contributed by atoms with Crippen LogP contribution < -0.4 is 26.1 Å². The van der Waals surface area contributed by atoms with E-state index >= 15 is 4.39 Å². The van der Waals surface area contributed by atoms with Gasteiger partial charge >= 0.3 is 5.97 Å². The lowest BCUT2D eigenvalue weighted by atomic mass is 10.1. The van der Waals surface area contributed by atoms with Crippen LogP contribution in [-0.4, -0.2) is 45.5 Å². The van der Waals surface area contributed by atoms with Crippen LogP contribution in [0.3, 0.4) is 0 Å². The molecule has 48 heavy (non-hydrogen) atoms. The number of methoxy groups -OCH3 is 1. The average Bonchev–Trinajstić information content (AvgIpc) is 3.29. The molecule has 2 heterocycles. The van der Waals surface area contributed by atoms with Crippen LogP contribution in [0.15, 0.2) is 83.8 Å². The van der Waals surface area contributed by atoms with Gasteiger partial charge < -0.3 is 25.3 Å². The number of halogens is 2. The fraction of sp³-hybridized carbons (Fsp3) is 0.257. The monoisotopic (exact) mass is 677 g/mol. The topological polar surface area (TPSA) is 140 Å². The number of carbonyl (C=O) groups excluding carboxylic acids is 2. The number of nitrogens with one attached hydrogen (secondary N) is 1. The van der Waals surface area contributed by atoms with Crippen molar-refractivity contribution in [2.75, 3.05) is 12.4 Å². The molecule has 5 aromatic rings. The number of anilines is 1. The fourth-order valence-corrected chi connectivity index (χ4v) is 5.08. The molecule has 0 saturated heterocycles. The molecule has 0 aliphatic carbocycles. The van der Waals surface area contributed by atoms with E-state index in [-0.39, 0.29) is 41.9 Å². The Morgan fingerprint density at radius 2 is 1.73 bits per heavy atom. The summed E-state index contributed by atoms with van der Waals surface area (Å²) in [6, 6.07) is 18.8. The summed E-state index contributed by atoms with van der Waals surface area (Å²) in [7, 11) is 1.55. The summed E-state index contributed by atoms with van der Waals surface area (Å²) in [5.74, 6) is -1.20. The van der Waals surface area contributed by atoms with Crippen molar-refractivity contribution in [3.63, 3.8) is 0 Å². The Bertz CT molecular complexity index is 2000. The van der Waals surface area contributed by atoms with Gasteiger partial charge in [0.05, 0.1) is 30.6 Å². The molecule has 1 amide bonds. The predicted octanol–water partition coefficient (Wildman–Crippen LogP) is 6.02. The van der Waals surface area contributed by atoms with Crippen molar-refractivity contribution >= 4 is 40.9 Å². The Morgan fingerprint density at radius 3 is 2.40 bits per heavy atom. The highest BCUT2D eigenvalue weighted by molar-refractivity contribution is 6.05. The zero-order valence-electron chi connectivity index (χ0n) is 27.1. The van der Waals surface area contributed by atoms with Gasteiger partial charge in [0.1, 0.15) is 29.2 Å². The van der Waals surface area contributed by atoms with E-state index in [0.29, 0.717) is 33.8 Å². The molecule has 3 N–H and O–H groups in total. The molecule has 252 valence electrons. The van der Waals surface area contributed by atoms with Crippen molar-refractivity contribution in [2.45, 2.75) is 46.4 Å². The molecule has 0 radical (unpaired) electrons. The number of hydrogen-bond acceptors (Lipinski definition) is 8. The fourth-order valence-electron chi connectivity index (χ4n) is 5.08. The number of esters is 1. The first-order valence-electron chi connectivity index (χ1n) is 15.0. The van der Waals surface area contributed by atoms with Crippen LogP contribution in [0.5, 0.6) is 17.2 Å². The maximum atomic E-state index is 15.3. The van der Waals surface area contributed by atoms with E-state index in [9.17, 15) is 14.4 Å². The Hall–Kier alpha value is -5.20. The third-order valence-electron chi connectivity index (χ3n) is 7.68. The van der Waals surface area contributed by atoms with E-state index in [2.05, 4.69) is 10.3 Å². The van der Waals surface area contributed by atoms with Crippen molar-refractivity contribution in [1.29, 1.82) is 0 Å². The second-order valence-electron chi connectivity index (χ2n) is 11.4. The van der Waals surface area contributed by atoms with Gasteiger partial charge in [-0.25, -0.2) is 9.07 Å². The van der Waals surface area contributed by atoms with Crippen LogP contribution in [0.2, 0.25) is 0 Å². The number of ether oxygens (including phenoxy) is 3. The lowest BCUT2D eigenvalue weighted by Crippen LogP contribution is -2.39. The number of amides is 1. The van der Waals surface area contributed by atoms with Crippen LogP contribution in [0, 0.1) is 18.7 Å². The molecule has 0 saturated carbocycles. The van der Waals surface area contributed by atoms with Crippen LogP contribution in [0.1, 0.15) is 36.8 Å². The highest BCUT2D eigenvalue weighted by Gasteiger charge is 2.27. The maximum Gasteiger partial charge on any atom is 0.323 e. The minimum absolute atomic E-state index is 0. The molecule has 0 bridgehead atoms. The Morgan fingerprint density at radius 1 is 1.00 bits per heavy atom. The maximum absolute atomic E-state index is 15.3. The first kappa shape index (κ1) is 35.7. The molecule has 0 spiro atoms. The number of hydrogen-bond donors (Lipinski definition) is 2. The van der Waals surface area contributed by atoms with E-state index in [1.807, 2.05) is 13.8 Å². The number of para-hydroxylation sites is 1. The van der Waals surface area contributed by atoms with Gasteiger partial charge in [-0.1, -0.05) is 32.0 Å². The molecule has 11 nitrogen and oxygen atoms in total. The summed E-state index contributed by atoms with van der Waals surface area (Å²) in [5, 5.41) is 3.29. The quantitative estimate of drug-likeness (QED) is 0.162. The van der Waals surface area contributed by atoms with Gasteiger partial charge in [0.25, 0.3) is 11.5 Å². The largest absolute Gasteiger partial charge is 0.497 e. The van der Waals surface area contributed by atoms with E-state index in [4.69, 9.17) is 19.9 Å². The van der Waals surface area contributed by atoms with Crippen molar-refractivity contribution in [2.24, 2.45) is 11.7 Å². The van der Waals surface area contributed by atoms with Crippen LogP contribution >= 0.6 is 12.4 Å². The molecule has 1 unspecified atom stereocenters. The average molecular weight is 678 g/mol. The molecule has 2 atom stereocenters. The van der Waals surface area contributed by atoms with E-state index in [1.165, 1.54) is 16.8 Å². The van der Waals surface area contributed by atoms with E-state index in [1.54, 1.807) is 86.4 Å². The normalized spacial score (nSPS) is 12.2. The molecule has 0 aliphatic rings. The van der Waals surface area contributed by atoms with Crippen molar-refractivity contribution in [3.8, 4) is 22.9 Å². The Labute approximate surface area is 282 Å². The zero-order valence-corrected chi connectivity index (χ0v) is 27.9. The lowest BCUT2D eigenvalue weighted by molar-refractivity contribution is -0.151. The molecule has 0 aliphatic heterocycles. The lowest BCUT2D eigenvalue weighted by Gasteiger charge is -2.21. The summed E-state index contributed by atoms with van der Waals surface area (Å²) in [5.41, 5.74) is 6.78. The summed E-state index contributed by atoms with van der Waals surface area (Å²) >= 11 is 0. The highest BCUT2D eigenvalue weighted by Crippen LogP contribution is 2.33. The predicted molar refractivity (Wildman–Crippen MR) is 183 cm³/mol. The van der Waals surface area contributed by atoms with Crippen molar-refractivity contribution in [1.82, 2.24) is 14.3 Å². The van der Waals surface area contributed by atoms with E-state index < -0.39 is 35.4 Å². The number of benzene rings is 3. The first-order chi connectivity index (χ1) is 22.5. The third kappa shape index (κ3) is 7.50. The molecular weight excluding hydrogens is 641 g/mol. The number of rotatable bonds is 11. The van der Waals surface area contributed by atoms with Crippen molar-refractivity contribution in [3.05, 3.63) is 106 Å². The third-order valence-corrected chi connectivity index (χ3v) is 7.68. The van der Waals surface area contributed by atoms with Crippen LogP contribution in [0.4, 0.5) is 10.1 Å². The molecular formula is C35H37ClFN5O6. The first-order valence-corrected chi connectivity index (χ1v) is 15.0. The number of fused-ring (bicyclic) bond motifs is 1. The Kier molecular flexibility index (Phi) is 11.2. The van der Waals surface area contributed by atoms with Gasteiger partial charge in [0.2, 0.25) is 0 Å². The molecule has 13 heteroatoms. The summed E-state index contributed by atoms with van der Waals surface area (Å²) < 4.78 is 34.9. The Balaban J connectivity index is 0.00000520. The number of nitrogens with two attached hydrogens (primary N) is 1. The summed E-state index contributed by atoms with van der Waals surface area (Å²) in [6.07, 6.45) is 0.871. The highest BCUT2D eigenvalue weighted by atomic mass is 35.5. The van der Waals surface area contributed by atoms with Crippen LogP contribution in [0.25, 0.3) is 16.6 Å². The summed E-state index contributed by atoms with van der Waals surface area (Å²) in [6.45, 7) is 7.00. The van der Waals surface area contributed by atoms with Gasteiger partial charge in [0, 0.05) is 29.4 Å². The molecule has 5 rings (SSSR count). The van der Waals surface area contributed by atoms with Crippen LogP contribution in [-0.2, 0) is 16.1 Å². The number of carbonyl (C=O) groups is 2. The molecule has 2 aromatic heterocycles. The van der Waals surface area contributed by atoms with Gasteiger partial charge in [0.15, 0.2) is 11.6 Å². The molecule has 0 fully saturated rings. The number of nitrogens with zero attached hydrogens (tertiary/aromatic N) is 3. The zero-order chi connectivity index (χ0) is 33.8. The second-order valence-corrected chi connectivity index (χ2v) is 11.4. The van der Waals surface area contributed by atoms with Gasteiger partial charge in [-0.15, -0.1) is 12.4 Å². The SMILES string of the molecule is COc1ccc2c(Oc3ccc(NC(=O)c4c(C)n(C[C@H](C)OC(=O)C(N)C(C)C)n(-c5ccccc5)c4=O)cc3F)ccnc2c1.Cl. The minimum Gasteiger partial charge on any atom is -0.497 e. The number of pyridine rings is 1. The minimum atomic E-state index is -0.800. The van der Waals surface area contributed by atoms with Crippen molar-refractivity contribution < 1.29 is 28.2 Å². The van der Waals surface area contributed by atoms with Gasteiger partial charge in [-0.2, -0.15) is 0 Å².